The number of amides is 1. The lowest BCUT2D eigenvalue weighted by atomic mass is 10.2. The van der Waals surface area contributed by atoms with Gasteiger partial charge in [-0.3, -0.25) is 4.79 Å². The maximum atomic E-state index is 12.4. The van der Waals surface area contributed by atoms with Crippen molar-refractivity contribution in [2.45, 2.75) is 38.3 Å². The van der Waals surface area contributed by atoms with E-state index in [9.17, 15) is 4.79 Å². The van der Waals surface area contributed by atoms with Gasteiger partial charge in [-0.2, -0.15) is 0 Å². The van der Waals surface area contributed by atoms with Crippen molar-refractivity contribution in [1.29, 1.82) is 0 Å². The molecule has 1 aromatic carbocycles. The van der Waals surface area contributed by atoms with Gasteiger partial charge in [-0.25, -0.2) is 9.97 Å². The number of carbonyl (C=O) groups is 1. The fourth-order valence-electron chi connectivity index (χ4n) is 3.16. The third kappa shape index (κ3) is 3.65. The average Bonchev–Trinajstić information content (AvgIpc) is 3.31. The summed E-state index contributed by atoms with van der Waals surface area (Å²) < 4.78 is 10.6. The summed E-state index contributed by atoms with van der Waals surface area (Å²) in [6, 6.07) is 7.77. The van der Waals surface area contributed by atoms with E-state index in [1.165, 1.54) is 19.2 Å². The quantitative estimate of drug-likeness (QED) is 0.870. The Bertz CT molecular complexity index is 775. The van der Waals surface area contributed by atoms with Crippen molar-refractivity contribution in [2.24, 2.45) is 0 Å². The molecule has 4 rings (SSSR count). The molecule has 1 aliphatic carbocycles. The van der Waals surface area contributed by atoms with E-state index in [1.807, 2.05) is 18.2 Å². The average molecular weight is 340 g/mol. The first kappa shape index (κ1) is 15.7. The molecule has 2 aliphatic rings. The number of anilines is 1. The topological polar surface area (TPSA) is 85.4 Å². The van der Waals surface area contributed by atoms with E-state index in [0.29, 0.717) is 29.8 Å². The molecule has 7 heteroatoms. The number of hydrogen-bond donors (Lipinski definition) is 2. The molecule has 0 bridgehead atoms. The van der Waals surface area contributed by atoms with Gasteiger partial charge >= 0.3 is 0 Å². The zero-order chi connectivity index (χ0) is 17.1. The monoisotopic (exact) mass is 340 g/mol. The molecule has 25 heavy (non-hydrogen) atoms. The number of aromatic nitrogens is 2. The summed E-state index contributed by atoms with van der Waals surface area (Å²) >= 11 is 0. The third-order valence-corrected chi connectivity index (χ3v) is 4.50. The highest BCUT2D eigenvalue weighted by Gasteiger charge is 2.17. The molecule has 2 N–H and O–H groups in total. The fourth-order valence-corrected chi connectivity index (χ4v) is 3.16. The van der Waals surface area contributed by atoms with E-state index < -0.39 is 0 Å². The second kappa shape index (κ2) is 6.96. The number of benzene rings is 1. The van der Waals surface area contributed by atoms with Crippen molar-refractivity contribution in [1.82, 2.24) is 15.3 Å². The highest BCUT2D eigenvalue weighted by Crippen LogP contribution is 2.32. The Labute approximate surface area is 145 Å². The maximum absolute atomic E-state index is 12.4. The molecule has 0 radical (unpaired) electrons. The Morgan fingerprint density at radius 1 is 1.12 bits per heavy atom. The minimum absolute atomic E-state index is 0.227. The molecule has 1 saturated carbocycles. The molecule has 1 amide bonds. The number of carbonyl (C=O) groups excluding carboxylic acids is 1. The first-order valence-electron chi connectivity index (χ1n) is 8.53. The van der Waals surface area contributed by atoms with Crippen molar-refractivity contribution in [3.05, 3.63) is 41.9 Å². The Kier molecular flexibility index (Phi) is 4.37. The Balaban J connectivity index is 1.37. The number of hydrogen-bond acceptors (Lipinski definition) is 6. The minimum Gasteiger partial charge on any atom is -0.454 e. The summed E-state index contributed by atoms with van der Waals surface area (Å²) in [5.74, 6) is 1.91. The molecular weight excluding hydrogens is 320 g/mol. The summed E-state index contributed by atoms with van der Waals surface area (Å²) in [5.41, 5.74) is 1.30. The first-order chi connectivity index (χ1) is 12.3. The molecule has 0 unspecified atom stereocenters. The van der Waals surface area contributed by atoms with Gasteiger partial charge in [0, 0.05) is 18.7 Å². The van der Waals surface area contributed by atoms with Crippen LogP contribution in [0.1, 0.15) is 41.7 Å². The number of fused-ring (bicyclic) bond motifs is 1. The Hall–Kier alpha value is -2.83. The molecule has 0 atom stereocenters. The molecule has 1 fully saturated rings. The van der Waals surface area contributed by atoms with E-state index in [2.05, 4.69) is 20.6 Å². The van der Waals surface area contributed by atoms with Gasteiger partial charge in [-0.1, -0.05) is 18.9 Å². The van der Waals surface area contributed by atoms with Crippen LogP contribution in [-0.4, -0.2) is 28.7 Å². The normalized spacial score (nSPS) is 16.0. The third-order valence-electron chi connectivity index (χ3n) is 4.50. The van der Waals surface area contributed by atoms with Gasteiger partial charge in [0.2, 0.25) is 6.79 Å². The molecule has 7 nitrogen and oxygen atoms in total. The van der Waals surface area contributed by atoms with Crippen molar-refractivity contribution >= 4 is 11.7 Å². The summed E-state index contributed by atoms with van der Waals surface area (Å²) in [6.45, 7) is 0.633. The van der Waals surface area contributed by atoms with Crippen LogP contribution in [0.4, 0.5) is 5.82 Å². The van der Waals surface area contributed by atoms with Gasteiger partial charge in [0.1, 0.15) is 17.8 Å². The zero-order valence-corrected chi connectivity index (χ0v) is 13.8. The van der Waals surface area contributed by atoms with Gasteiger partial charge < -0.3 is 20.1 Å². The summed E-state index contributed by atoms with van der Waals surface area (Å²) in [6.07, 6.45) is 6.20. The molecule has 2 heterocycles. The highest BCUT2D eigenvalue weighted by atomic mass is 16.7. The van der Waals surface area contributed by atoms with Crippen LogP contribution in [-0.2, 0) is 6.54 Å². The van der Waals surface area contributed by atoms with Crippen LogP contribution >= 0.6 is 0 Å². The van der Waals surface area contributed by atoms with Crippen molar-refractivity contribution < 1.29 is 14.3 Å². The summed E-state index contributed by atoms with van der Waals surface area (Å²) in [7, 11) is 0. The molecule has 1 aromatic heterocycles. The van der Waals surface area contributed by atoms with E-state index in [1.54, 1.807) is 6.07 Å². The molecule has 1 aliphatic heterocycles. The second-order valence-corrected chi connectivity index (χ2v) is 6.28. The van der Waals surface area contributed by atoms with Crippen LogP contribution in [0.2, 0.25) is 0 Å². The maximum Gasteiger partial charge on any atom is 0.270 e. The van der Waals surface area contributed by atoms with Crippen molar-refractivity contribution in [3.8, 4) is 11.5 Å². The van der Waals surface area contributed by atoms with Gasteiger partial charge in [0.15, 0.2) is 11.5 Å². The predicted octanol–water partition coefficient (Wildman–Crippen LogP) is 2.49. The van der Waals surface area contributed by atoms with Crippen LogP contribution in [0.5, 0.6) is 11.5 Å². The molecule has 130 valence electrons. The van der Waals surface area contributed by atoms with E-state index in [4.69, 9.17) is 9.47 Å². The first-order valence-corrected chi connectivity index (χ1v) is 8.53. The lowest BCUT2D eigenvalue weighted by Gasteiger charge is -2.12. The fraction of sp³-hybridized carbons (Fsp3) is 0.389. The Morgan fingerprint density at radius 2 is 1.96 bits per heavy atom. The lowest BCUT2D eigenvalue weighted by molar-refractivity contribution is 0.0945. The molecule has 2 aromatic rings. The Morgan fingerprint density at radius 3 is 2.84 bits per heavy atom. The summed E-state index contributed by atoms with van der Waals surface area (Å²) in [5, 5.41) is 6.25. The van der Waals surface area contributed by atoms with Crippen LogP contribution in [0.3, 0.4) is 0 Å². The van der Waals surface area contributed by atoms with Gasteiger partial charge in [-0.15, -0.1) is 0 Å². The number of nitrogens with zero attached hydrogens (tertiary/aromatic N) is 2. The van der Waals surface area contributed by atoms with E-state index in [0.717, 1.165) is 24.2 Å². The zero-order valence-electron chi connectivity index (χ0n) is 13.8. The number of ether oxygens (including phenoxy) is 2. The van der Waals surface area contributed by atoms with E-state index >= 15 is 0 Å². The minimum atomic E-state index is -0.227. The SMILES string of the molecule is O=C(NCc1ccc2c(c1)OCO2)c1cc(NC2CCCC2)ncn1. The summed E-state index contributed by atoms with van der Waals surface area (Å²) in [4.78, 5) is 20.6. The lowest BCUT2D eigenvalue weighted by Crippen LogP contribution is -2.24. The van der Waals surface area contributed by atoms with Crippen molar-refractivity contribution in [2.75, 3.05) is 12.1 Å². The van der Waals surface area contributed by atoms with Crippen molar-refractivity contribution in [3.63, 3.8) is 0 Å². The molecular formula is C18H20N4O3. The predicted molar refractivity (Wildman–Crippen MR) is 91.6 cm³/mol. The van der Waals surface area contributed by atoms with Crippen LogP contribution in [0.25, 0.3) is 0 Å². The standard InChI is InChI=1S/C18H20N4O3/c23-18(19-9-12-5-6-15-16(7-12)25-11-24-15)14-8-17(21-10-20-14)22-13-3-1-2-4-13/h5-8,10,13H,1-4,9,11H2,(H,19,23)(H,20,21,22). The van der Waals surface area contributed by atoms with Crippen LogP contribution < -0.4 is 20.1 Å². The second-order valence-electron chi connectivity index (χ2n) is 6.28. The number of rotatable bonds is 5. The van der Waals surface area contributed by atoms with Gasteiger partial charge in [-0.05, 0) is 30.5 Å². The number of nitrogens with one attached hydrogen (secondary N) is 2. The van der Waals surface area contributed by atoms with Gasteiger partial charge in [0.05, 0.1) is 0 Å². The van der Waals surface area contributed by atoms with Gasteiger partial charge in [0.25, 0.3) is 5.91 Å². The largest absolute Gasteiger partial charge is 0.454 e. The smallest absolute Gasteiger partial charge is 0.270 e. The molecule has 0 saturated heterocycles. The molecule has 0 spiro atoms. The van der Waals surface area contributed by atoms with Crippen LogP contribution in [0.15, 0.2) is 30.6 Å². The van der Waals surface area contributed by atoms with E-state index in [-0.39, 0.29) is 12.7 Å². The highest BCUT2D eigenvalue weighted by molar-refractivity contribution is 5.92. The van der Waals surface area contributed by atoms with Crippen LogP contribution in [0, 0.1) is 0 Å².